The predicted octanol–water partition coefficient (Wildman–Crippen LogP) is 3.16. The molecule has 1 aliphatic rings. The summed E-state index contributed by atoms with van der Waals surface area (Å²) in [6.07, 6.45) is 7.81. The Balaban J connectivity index is 1.73. The summed E-state index contributed by atoms with van der Waals surface area (Å²) < 4.78 is 11.3. The van der Waals surface area contributed by atoms with E-state index in [9.17, 15) is 0 Å². The standard InChI is InChI=1S/C16H20N2O2/c17-10-9-13-11-18-20-16(13)12-5-7-15(8-6-12)19-14-3-1-2-4-14/h5-8,11,14H,1-4,9-10,17H2. The normalized spacial score (nSPS) is 15.7. The first kappa shape index (κ1) is 13.2. The van der Waals surface area contributed by atoms with Crippen LogP contribution in [0.2, 0.25) is 0 Å². The van der Waals surface area contributed by atoms with Gasteiger partial charge in [0.05, 0.1) is 12.3 Å². The van der Waals surface area contributed by atoms with E-state index in [-0.39, 0.29) is 0 Å². The summed E-state index contributed by atoms with van der Waals surface area (Å²) >= 11 is 0. The van der Waals surface area contributed by atoms with Gasteiger partial charge in [-0.25, -0.2) is 0 Å². The van der Waals surface area contributed by atoms with Crippen molar-refractivity contribution < 1.29 is 9.26 Å². The van der Waals surface area contributed by atoms with Crippen LogP contribution in [0, 0.1) is 0 Å². The van der Waals surface area contributed by atoms with Gasteiger partial charge in [0.25, 0.3) is 0 Å². The Morgan fingerprint density at radius 1 is 1.20 bits per heavy atom. The molecule has 3 rings (SSSR count). The van der Waals surface area contributed by atoms with E-state index in [0.29, 0.717) is 12.6 Å². The summed E-state index contributed by atoms with van der Waals surface area (Å²) in [6.45, 7) is 0.594. The second-order valence-electron chi connectivity index (χ2n) is 5.27. The monoisotopic (exact) mass is 272 g/mol. The molecule has 2 aromatic rings. The van der Waals surface area contributed by atoms with E-state index < -0.39 is 0 Å². The number of nitrogens with two attached hydrogens (primary N) is 1. The highest BCUT2D eigenvalue weighted by molar-refractivity contribution is 5.61. The molecule has 2 N–H and O–H groups in total. The van der Waals surface area contributed by atoms with Crippen LogP contribution in [-0.2, 0) is 6.42 Å². The zero-order chi connectivity index (χ0) is 13.8. The Bertz CT molecular complexity index is 542. The third-order valence-electron chi connectivity index (χ3n) is 3.78. The van der Waals surface area contributed by atoms with Gasteiger partial charge in [-0.3, -0.25) is 0 Å². The molecule has 1 aromatic carbocycles. The van der Waals surface area contributed by atoms with Gasteiger partial charge in [-0.1, -0.05) is 5.16 Å². The highest BCUT2D eigenvalue weighted by Crippen LogP contribution is 2.28. The molecule has 0 amide bonds. The molecule has 4 nitrogen and oxygen atoms in total. The van der Waals surface area contributed by atoms with E-state index in [2.05, 4.69) is 5.16 Å². The summed E-state index contributed by atoms with van der Waals surface area (Å²) in [7, 11) is 0. The Morgan fingerprint density at radius 2 is 1.95 bits per heavy atom. The number of nitrogens with zero attached hydrogens (tertiary/aromatic N) is 1. The lowest BCUT2D eigenvalue weighted by Crippen LogP contribution is -2.10. The molecule has 20 heavy (non-hydrogen) atoms. The number of hydrogen-bond acceptors (Lipinski definition) is 4. The first-order chi connectivity index (χ1) is 9.86. The van der Waals surface area contributed by atoms with Crippen molar-refractivity contribution in [3.63, 3.8) is 0 Å². The molecule has 106 valence electrons. The van der Waals surface area contributed by atoms with Crippen molar-refractivity contribution in [2.75, 3.05) is 6.54 Å². The van der Waals surface area contributed by atoms with Crippen LogP contribution < -0.4 is 10.5 Å². The molecule has 0 bridgehead atoms. The molecule has 0 radical (unpaired) electrons. The van der Waals surface area contributed by atoms with Gasteiger partial charge in [0.1, 0.15) is 5.75 Å². The molecule has 1 saturated carbocycles. The maximum absolute atomic E-state index is 5.96. The molecular formula is C16H20N2O2. The van der Waals surface area contributed by atoms with Gasteiger partial charge >= 0.3 is 0 Å². The van der Waals surface area contributed by atoms with Gasteiger partial charge in [-0.2, -0.15) is 0 Å². The smallest absolute Gasteiger partial charge is 0.170 e. The fraction of sp³-hybridized carbons (Fsp3) is 0.438. The maximum Gasteiger partial charge on any atom is 0.170 e. The van der Waals surface area contributed by atoms with E-state index in [1.165, 1.54) is 25.7 Å². The van der Waals surface area contributed by atoms with Crippen LogP contribution in [0.25, 0.3) is 11.3 Å². The SMILES string of the molecule is NCCc1cnoc1-c1ccc(OC2CCCC2)cc1. The van der Waals surface area contributed by atoms with Crippen molar-refractivity contribution in [3.05, 3.63) is 36.0 Å². The summed E-state index contributed by atoms with van der Waals surface area (Å²) in [5, 5.41) is 3.86. The minimum Gasteiger partial charge on any atom is -0.490 e. The molecule has 1 aromatic heterocycles. The topological polar surface area (TPSA) is 61.3 Å². The lowest BCUT2D eigenvalue weighted by Gasteiger charge is -2.13. The summed E-state index contributed by atoms with van der Waals surface area (Å²) in [4.78, 5) is 0. The first-order valence-electron chi connectivity index (χ1n) is 7.27. The van der Waals surface area contributed by atoms with Crippen LogP contribution in [0.3, 0.4) is 0 Å². The second kappa shape index (κ2) is 6.09. The van der Waals surface area contributed by atoms with Gasteiger partial charge in [-0.15, -0.1) is 0 Å². The first-order valence-corrected chi connectivity index (χ1v) is 7.27. The van der Waals surface area contributed by atoms with Crippen molar-refractivity contribution in [3.8, 4) is 17.1 Å². The van der Waals surface area contributed by atoms with Crippen molar-refractivity contribution in [1.29, 1.82) is 0 Å². The summed E-state index contributed by atoms with van der Waals surface area (Å²) in [5.41, 5.74) is 7.66. The van der Waals surface area contributed by atoms with E-state index in [4.69, 9.17) is 15.0 Å². The quantitative estimate of drug-likeness (QED) is 0.908. The Morgan fingerprint density at radius 3 is 2.65 bits per heavy atom. The Kier molecular flexibility index (Phi) is 4.02. The molecule has 0 unspecified atom stereocenters. The van der Waals surface area contributed by atoms with Crippen LogP contribution in [0.1, 0.15) is 31.2 Å². The van der Waals surface area contributed by atoms with E-state index in [0.717, 1.165) is 29.1 Å². The van der Waals surface area contributed by atoms with Gasteiger partial charge in [0.2, 0.25) is 0 Å². The molecule has 4 heteroatoms. The Labute approximate surface area is 118 Å². The maximum atomic E-state index is 5.96. The van der Waals surface area contributed by atoms with Gasteiger partial charge in [0.15, 0.2) is 5.76 Å². The average molecular weight is 272 g/mol. The van der Waals surface area contributed by atoms with Gasteiger partial charge in [-0.05, 0) is 62.9 Å². The minimum absolute atomic E-state index is 0.388. The van der Waals surface area contributed by atoms with Crippen LogP contribution >= 0.6 is 0 Å². The molecule has 1 heterocycles. The summed E-state index contributed by atoms with van der Waals surface area (Å²) in [5.74, 6) is 1.74. The van der Waals surface area contributed by atoms with Crippen molar-refractivity contribution >= 4 is 0 Å². The fourth-order valence-corrected chi connectivity index (χ4v) is 2.72. The largest absolute Gasteiger partial charge is 0.490 e. The van der Waals surface area contributed by atoms with Crippen LogP contribution in [0.5, 0.6) is 5.75 Å². The number of ether oxygens (including phenoxy) is 1. The second-order valence-corrected chi connectivity index (χ2v) is 5.27. The van der Waals surface area contributed by atoms with Crippen LogP contribution in [-0.4, -0.2) is 17.8 Å². The third-order valence-corrected chi connectivity index (χ3v) is 3.78. The Hall–Kier alpha value is -1.81. The molecule has 1 fully saturated rings. The van der Waals surface area contributed by atoms with Crippen LogP contribution in [0.4, 0.5) is 0 Å². The number of rotatable bonds is 5. The number of aromatic nitrogens is 1. The van der Waals surface area contributed by atoms with Crippen molar-refractivity contribution in [2.24, 2.45) is 5.73 Å². The lowest BCUT2D eigenvalue weighted by atomic mass is 10.1. The zero-order valence-electron chi connectivity index (χ0n) is 11.5. The molecule has 0 spiro atoms. The number of hydrogen-bond donors (Lipinski definition) is 1. The molecule has 0 atom stereocenters. The van der Waals surface area contributed by atoms with Gasteiger partial charge < -0.3 is 15.0 Å². The van der Waals surface area contributed by atoms with Gasteiger partial charge in [0, 0.05) is 11.1 Å². The van der Waals surface area contributed by atoms with Crippen LogP contribution in [0.15, 0.2) is 35.0 Å². The lowest BCUT2D eigenvalue weighted by molar-refractivity contribution is 0.210. The van der Waals surface area contributed by atoms with Crippen molar-refractivity contribution in [2.45, 2.75) is 38.2 Å². The molecule has 0 saturated heterocycles. The summed E-state index contributed by atoms with van der Waals surface area (Å²) in [6, 6.07) is 8.04. The minimum atomic E-state index is 0.388. The van der Waals surface area contributed by atoms with Crippen molar-refractivity contribution in [1.82, 2.24) is 5.16 Å². The average Bonchev–Trinajstić information content (AvgIpc) is 3.12. The zero-order valence-corrected chi connectivity index (χ0v) is 11.5. The number of benzene rings is 1. The molecule has 1 aliphatic carbocycles. The highest BCUT2D eigenvalue weighted by Gasteiger charge is 2.16. The van der Waals surface area contributed by atoms with E-state index in [1.807, 2.05) is 24.3 Å². The van der Waals surface area contributed by atoms with E-state index in [1.54, 1.807) is 6.20 Å². The predicted molar refractivity (Wildman–Crippen MR) is 77.6 cm³/mol. The third kappa shape index (κ3) is 2.85. The highest BCUT2D eigenvalue weighted by atomic mass is 16.5. The molecular weight excluding hydrogens is 252 g/mol. The molecule has 0 aliphatic heterocycles. The fourth-order valence-electron chi connectivity index (χ4n) is 2.72. The van der Waals surface area contributed by atoms with E-state index >= 15 is 0 Å².